The molecule has 1 N–H and O–H groups in total. The molecular formula is C17H28N4O. The van der Waals surface area contributed by atoms with Crippen molar-refractivity contribution in [2.75, 3.05) is 37.6 Å². The van der Waals surface area contributed by atoms with E-state index in [0.29, 0.717) is 0 Å². The van der Waals surface area contributed by atoms with Crippen LogP contribution in [-0.4, -0.2) is 58.8 Å². The minimum absolute atomic E-state index is 0.194. The molecule has 2 heterocycles. The topological polar surface area (TPSA) is 52.5 Å². The second-order valence-electron chi connectivity index (χ2n) is 6.58. The van der Waals surface area contributed by atoms with E-state index in [-0.39, 0.29) is 6.10 Å². The maximum absolute atomic E-state index is 9.81. The first-order chi connectivity index (χ1) is 10.7. The molecule has 5 heteroatoms. The van der Waals surface area contributed by atoms with Crippen molar-refractivity contribution >= 4 is 5.82 Å². The average molecular weight is 304 g/mol. The second kappa shape index (κ2) is 6.92. The molecule has 1 atom stereocenters. The number of β-amino-alcohol motifs (C(OH)–C–C–N with tert-alkyl or cyclic N) is 1. The number of piperazine rings is 1. The van der Waals surface area contributed by atoms with Gasteiger partial charge in [0.25, 0.3) is 0 Å². The summed E-state index contributed by atoms with van der Waals surface area (Å²) < 4.78 is 0. The van der Waals surface area contributed by atoms with Gasteiger partial charge in [0, 0.05) is 44.0 Å². The van der Waals surface area contributed by atoms with Gasteiger partial charge in [-0.05, 0) is 39.0 Å². The fraction of sp³-hybridized carbons (Fsp3) is 0.765. The molecule has 0 saturated carbocycles. The minimum Gasteiger partial charge on any atom is -0.392 e. The number of aliphatic hydroxyl groups is 1. The van der Waals surface area contributed by atoms with Gasteiger partial charge in [-0.1, -0.05) is 6.92 Å². The van der Waals surface area contributed by atoms with Gasteiger partial charge in [-0.15, -0.1) is 0 Å². The minimum atomic E-state index is -0.194. The molecule has 0 amide bonds. The number of hydrogen-bond acceptors (Lipinski definition) is 5. The number of hydrogen-bond donors (Lipinski definition) is 1. The van der Waals surface area contributed by atoms with Crippen LogP contribution in [0.1, 0.15) is 43.3 Å². The van der Waals surface area contributed by atoms with Crippen LogP contribution in [0.4, 0.5) is 5.82 Å². The zero-order chi connectivity index (χ0) is 15.5. The largest absolute Gasteiger partial charge is 0.392 e. The molecule has 1 aromatic rings. The van der Waals surface area contributed by atoms with Crippen molar-refractivity contribution in [3.63, 3.8) is 0 Å². The molecule has 1 saturated heterocycles. The van der Waals surface area contributed by atoms with Gasteiger partial charge in [0.15, 0.2) is 0 Å². The Kier molecular flexibility index (Phi) is 4.93. The van der Waals surface area contributed by atoms with Crippen molar-refractivity contribution in [2.45, 2.75) is 52.1 Å². The lowest BCUT2D eigenvalue weighted by atomic mass is 9.96. The molecule has 1 unspecified atom stereocenters. The number of fused-ring (bicyclic) bond motifs is 1. The summed E-state index contributed by atoms with van der Waals surface area (Å²) in [7, 11) is 0. The van der Waals surface area contributed by atoms with Crippen LogP contribution in [-0.2, 0) is 12.8 Å². The average Bonchev–Trinajstić information content (AvgIpc) is 2.54. The predicted octanol–water partition coefficient (Wildman–Crippen LogP) is 1.56. The Labute approximate surface area is 133 Å². The van der Waals surface area contributed by atoms with Crippen molar-refractivity contribution in [3.05, 3.63) is 17.1 Å². The molecule has 1 aliphatic heterocycles. The number of anilines is 1. The van der Waals surface area contributed by atoms with E-state index >= 15 is 0 Å². The van der Waals surface area contributed by atoms with E-state index in [2.05, 4.69) is 14.8 Å². The van der Waals surface area contributed by atoms with Crippen LogP contribution in [0.3, 0.4) is 0 Å². The first kappa shape index (κ1) is 15.7. The number of aliphatic hydroxyl groups excluding tert-OH is 1. The molecule has 3 rings (SSSR count). The predicted molar refractivity (Wildman–Crippen MR) is 88.4 cm³/mol. The third kappa shape index (κ3) is 3.41. The zero-order valence-electron chi connectivity index (χ0n) is 13.9. The van der Waals surface area contributed by atoms with E-state index in [1.165, 1.54) is 29.9 Å². The molecule has 2 aliphatic rings. The fourth-order valence-electron chi connectivity index (χ4n) is 3.53. The van der Waals surface area contributed by atoms with Crippen molar-refractivity contribution in [3.8, 4) is 0 Å². The molecule has 22 heavy (non-hydrogen) atoms. The summed E-state index contributed by atoms with van der Waals surface area (Å²) in [6, 6.07) is 0. The van der Waals surface area contributed by atoms with Gasteiger partial charge in [-0.25, -0.2) is 9.97 Å². The van der Waals surface area contributed by atoms with Crippen molar-refractivity contribution in [2.24, 2.45) is 0 Å². The number of nitrogens with zero attached hydrogens (tertiary/aromatic N) is 4. The fourth-order valence-corrected chi connectivity index (χ4v) is 3.53. The zero-order valence-corrected chi connectivity index (χ0v) is 13.9. The van der Waals surface area contributed by atoms with Gasteiger partial charge in [0.2, 0.25) is 0 Å². The van der Waals surface area contributed by atoms with Crippen LogP contribution in [0.25, 0.3) is 0 Å². The Morgan fingerprint density at radius 3 is 2.55 bits per heavy atom. The van der Waals surface area contributed by atoms with E-state index in [0.717, 1.165) is 57.8 Å². The molecule has 122 valence electrons. The Hall–Kier alpha value is -1.20. The molecule has 1 fully saturated rings. The molecule has 1 aromatic heterocycles. The van der Waals surface area contributed by atoms with Crippen molar-refractivity contribution in [1.82, 2.24) is 14.9 Å². The maximum atomic E-state index is 9.81. The van der Waals surface area contributed by atoms with Gasteiger partial charge in [-0.2, -0.15) is 0 Å². The number of aromatic nitrogens is 2. The van der Waals surface area contributed by atoms with Crippen molar-refractivity contribution in [1.29, 1.82) is 0 Å². The summed E-state index contributed by atoms with van der Waals surface area (Å²) in [5.41, 5.74) is 2.66. The van der Waals surface area contributed by atoms with Gasteiger partial charge < -0.3 is 10.0 Å². The smallest absolute Gasteiger partial charge is 0.135 e. The lowest BCUT2D eigenvalue weighted by Crippen LogP contribution is -2.49. The first-order valence-electron chi connectivity index (χ1n) is 8.69. The monoisotopic (exact) mass is 304 g/mol. The Bertz CT molecular complexity index is 512. The van der Waals surface area contributed by atoms with Gasteiger partial charge in [-0.3, -0.25) is 4.90 Å². The third-order valence-corrected chi connectivity index (χ3v) is 4.89. The summed E-state index contributed by atoms with van der Waals surface area (Å²) in [6.07, 6.45) is 5.38. The van der Waals surface area contributed by atoms with Gasteiger partial charge in [0.1, 0.15) is 11.6 Å². The van der Waals surface area contributed by atoms with Crippen LogP contribution < -0.4 is 4.90 Å². The van der Waals surface area contributed by atoms with E-state index in [1.54, 1.807) is 0 Å². The molecule has 0 aromatic carbocycles. The van der Waals surface area contributed by atoms with Gasteiger partial charge in [0.05, 0.1) is 6.10 Å². The molecule has 0 bridgehead atoms. The molecule has 0 spiro atoms. The maximum Gasteiger partial charge on any atom is 0.135 e. The van der Waals surface area contributed by atoms with Crippen LogP contribution in [0.2, 0.25) is 0 Å². The standard InChI is InChI=1S/C17H28N4O/c1-3-14(22)12-20-8-10-21(11-9-20)17-15-6-4-5-7-16(15)18-13(2)19-17/h14,22H,3-12H2,1-2H3. The molecular weight excluding hydrogens is 276 g/mol. The number of rotatable bonds is 4. The highest BCUT2D eigenvalue weighted by molar-refractivity contribution is 5.50. The van der Waals surface area contributed by atoms with E-state index in [4.69, 9.17) is 4.98 Å². The lowest BCUT2D eigenvalue weighted by Gasteiger charge is -2.37. The summed E-state index contributed by atoms with van der Waals surface area (Å²) in [6.45, 7) is 8.86. The van der Waals surface area contributed by atoms with E-state index in [1.807, 2.05) is 13.8 Å². The van der Waals surface area contributed by atoms with Crippen LogP contribution in [0.15, 0.2) is 0 Å². The summed E-state index contributed by atoms with van der Waals surface area (Å²) in [5, 5.41) is 9.81. The molecule has 1 aliphatic carbocycles. The highest BCUT2D eigenvalue weighted by Crippen LogP contribution is 2.28. The van der Waals surface area contributed by atoms with Crippen LogP contribution in [0, 0.1) is 6.92 Å². The summed E-state index contributed by atoms with van der Waals surface area (Å²) >= 11 is 0. The van der Waals surface area contributed by atoms with Crippen molar-refractivity contribution < 1.29 is 5.11 Å². The lowest BCUT2D eigenvalue weighted by molar-refractivity contribution is 0.106. The normalized spacial score (nSPS) is 20.8. The van der Waals surface area contributed by atoms with Gasteiger partial charge >= 0.3 is 0 Å². The SMILES string of the molecule is CCC(O)CN1CCN(c2nc(C)nc3c2CCCC3)CC1. The summed E-state index contributed by atoms with van der Waals surface area (Å²) in [4.78, 5) is 14.2. The highest BCUT2D eigenvalue weighted by Gasteiger charge is 2.24. The highest BCUT2D eigenvalue weighted by atomic mass is 16.3. The number of aryl methyl sites for hydroxylation is 2. The van der Waals surface area contributed by atoms with E-state index in [9.17, 15) is 5.11 Å². The Morgan fingerprint density at radius 2 is 1.82 bits per heavy atom. The Morgan fingerprint density at radius 1 is 1.09 bits per heavy atom. The van der Waals surface area contributed by atoms with E-state index < -0.39 is 0 Å². The van der Waals surface area contributed by atoms with Crippen LogP contribution in [0.5, 0.6) is 0 Å². The van der Waals surface area contributed by atoms with Crippen LogP contribution >= 0.6 is 0 Å². The Balaban J connectivity index is 1.70. The first-order valence-corrected chi connectivity index (χ1v) is 8.69. The second-order valence-corrected chi connectivity index (χ2v) is 6.58. The summed E-state index contributed by atoms with van der Waals surface area (Å²) in [5.74, 6) is 2.08. The quantitative estimate of drug-likeness (QED) is 0.915. The molecule has 5 nitrogen and oxygen atoms in total. The third-order valence-electron chi connectivity index (χ3n) is 4.89. The molecule has 0 radical (unpaired) electrons.